The second-order valence-electron chi connectivity index (χ2n) is 5.30. The predicted molar refractivity (Wildman–Crippen MR) is 88.8 cm³/mol. The van der Waals surface area contributed by atoms with Crippen molar-refractivity contribution in [1.29, 1.82) is 0 Å². The predicted octanol–water partition coefficient (Wildman–Crippen LogP) is 1.68. The first-order valence-corrected chi connectivity index (χ1v) is 7.79. The molecule has 1 N–H and O–H groups in total. The zero-order valence-corrected chi connectivity index (χ0v) is 14.0. The highest BCUT2D eigenvalue weighted by molar-refractivity contribution is 6.30. The number of pyridine rings is 1. The van der Waals surface area contributed by atoms with Crippen LogP contribution < -0.4 is 11.0 Å². The largest absolute Gasteiger partial charge is 0.352 e. The van der Waals surface area contributed by atoms with Crippen molar-refractivity contribution < 1.29 is 13.6 Å². The van der Waals surface area contributed by atoms with Gasteiger partial charge in [-0.15, -0.1) is 0 Å². The summed E-state index contributed by atoms with van der Waals surface area (Å²) in [4.78, 5) is 28.0. The van der Waals surface area contributed by atoms with Gasteiger partial charge in [-0.3, -0.25) is 4.79 Å². The van der Waals surface area contributed by atoms with E-state index in [9.17, 15) is 18.4 Å². The second kappa shape index (κ2) is 7.44. The molecule has 10 heteroatoms. The van der Waals surface area contributed by atoms with E-state index in [0.717, 1.165) is 21.5 Å². The highest BCUT2D eigenvalue weighted by Gasteiger charge is 2.12. The number of hydrogen-bond donors (Lipinski definition) is 1. The average Bonchev–Trinajstić information content (AvgIpc) is 2.97. The number of hydrogen-bond acceptors (Lipinski definition) is 4. The molecule has 0 bridgehead atoms. The number of carbonyl (C=O) groups excluding carboxylic acids is 1. The van der Waals surface area contributed by atoms with Gasteiger partial charge in [0.2, 0.25) is 5.91 Å². The highest BCUT2D eigenvalue weighted by Crippen LogP contribution is 2.15. The molecular formula is C16H12ClF2N5O2. The van der Waals surface area contributed by atoms with Crippen molar-refractivity contribution in [2.24, 2.45) is 0 Å². The molecule has 0 aliphatic rings. The maximum absolute atomic E-state index is 13.4. The molecule has 1 amide bonds. The van der Waals surface area contributed by atoms with Crippen molar-refractivity contribution in [2.75, 3.05) is 0 Å². The van der Waals surface area contributed by atoms with Gasteiger partial charge < -0.3 is 5.32 Å². The van der Waals surface area contributed by atoms with Crippen molar-refractivity contribution in [2.45, 2.75) is 13.1 Å². The molecular weight excluding hydrogens is 368 g/mol. The van der Waals surface area contributed by atoms with Crippen LogP contribution in [0.4, 0.5) is 8.78 Å². The molecule has 134 valence electrons. The normalized spacial score (nSPS) is 10.7. The van der Waals surface area contributed by atoms with Crippen LogP contribution in [0.1, 0.15) is 5.56 Å². The smallest absolute Gasteiger partial charge is 0.350 e. The van der Waals surface area contributed by atoms with E-state index in [4.69, 9.17) is 11.6 Å². The minimum atomic E-state index is -0.600. The third-order valence-corrected chi connectivity index (χ3v) is 3.77. The summed E-state index contributed by atoms with van der Waals surface area (Å²) in [6.45, 7) is -0.259. The lowest BCUT2D eigenvalue weighted by Crippen LogP contribution is -2.33. The number of aromatic nitrogens is 4. The number of halogens is 3. The van der Waals surface area contributed by atoms with Crippen LogP contribution in [-0.4, -0.2) is 25.2 Å². The Kier molecular flexibility index (Phi) is 5.08. The van der Waals surface area contributed by atoms with Crippen molar-refractivity contribution >= 4 is 17.5 Å². The molecule has 7 nitrogen and oxygen atoms in total. The third kappa shape index (κ3) is 3.94. The summed E-state index contributed by atoms with van der Waals surface area (Å²) >= 11 is 5.59. The topological polar surface area (TPSA) is 81.8 Å². The molecule has 0 saturated carbocycles. The first-order chi connectivity index (χ1) is 12.4. The quantitative estimate of drug-likeness (QED) is 0.731. The van der Waals surface area contributed by atoms with Crippen LogP contribution in [0.2, 0.25) is 5.02 Å². The van der Waals surface area contributed by atoms with Gasteiger partial charge in [0.15, 0.2) is 0 Å². The highest BCUT2D eigenvalue weighted by atomic mass is 35.5. The van der Waals surface area contributed by atoms with Crippen LogP contribution in [0.25, 0.3) is 5.82 Å². The minimum Gasteiger partial charge on any atom is -0.350 e. The van der Waals surface area contributed by atoms with E-state index in [-0.39, 0.29) is 23.9 Å². The van der Waals surface area contributed by atoms with Crippen LogP contribution in [0, 0.1) is 11.6 Å². The van der Waals surface area contributed by atoms with E-state index >= 15 is 0 Å². The maximum atomic E-state index is 13.4. The van der Waals surface area contributed by atoms with E-state index in [0.29, 0.717) is 5.56 Å². The Morgan fingerprint density at radius 3 is 2.73 bits per heavy atom. The SMILES string of the molecule is O=C(Cn1ncn(-c2ccc(F)cn2)c1=O)NCc1ccc(Cl)c(F)c1. The molecule has 0 atom stereocenters. The van der Waals surface area contributed by atoms with E-state index in [1.807, 2.05) is 0 Å². The molecule has 1 aromatic carbocycles. The van der Waals surface area contributed by atoms with Crippen LogP contribution in [0.3, 0.4) is 0 Å². The van der Waals surface area contributed by atoms with Gasteiger partial charge >= 0.3 is 5.69 Å². The summed E-state index contributed by atoms with van der Waals surface area (Å²) in [6.07, 6.45) is 2.15. The lowest BCUT2D eigenvalue weighted by Gasteiger charge is -2.06. The molecule has 2 aromatic heterocycles. The third-order valence-electron chi connectivity index (χ3n) is 3.46. The van der Waals surface area contributed by atoms with E-state index in [1.165, 1.54) is 24.5 Å². The van der Waals surface area contributed by atoms with E-state index in [2.05, 4.69) is 15.4 Å². The lowest BCUT2D eigenvalue weighted by molar-refractivity contribution is -0.122. The molecule has 26 heavy (non-hydrogen) atoms. The molecule has 0 aliphatic carbocycles. The molecule has 3 rings (SSSR count). The van der Waals surface area contributed by atoms with Crippen molar-refractivity contribution in [3.8, 4) is 5.82 Å². The van der Waals surface area contributed by atoms with Gasteiger partial charge in [-0.2, -0.15) is 5.10 Å². The first-order valence-electron chi connectivity index (χ1n) is 7.41. The molecule has 0 aliphatic heterocycles. The fraction of sp³-hybridized carbons (Fsp3) is 0.125. The molecule has 0 fully saturated rings. The Labute approximate surface area is 150 Å². The molecule has 0 saturated heterocycles. The van der Waals surface area contributed by atoms with Gasteiger partial charge in [-0.05, 0) is 29.8 Å². The minimum absolute atomic E-state index is 0.00780. The van der Waals surface area contributed by atoms with Gasteiger partial charge in [0.25, 0.3) is 0 Å². The summed E-state index contributed by atoms with van der Waals surface area (Å²) in [5.41, 5.74) is -0.0783. The summed E-state index contributed by atoms with van der Waals surface area (Å²) in [5.74, 6) is -1.42. The van der Waals surface area contributed by atoms with Crippen LogP contribution in [-0.2, 0) is 17.9 Å². The van der Waals surface area contributed by atoms with Crippen molar-refractivity contribution in [1.82, 2.24) is 24.6 Å². The van der Waals surface area contributed by atoms with E-state index in [1.54, 1.807) is 6.07 Å². The summed E-state index contributed by atoms with van der Waals surface area (Å²) in [7, 11) is 0. The fourth-order valence-corrected chi connectivity index (χ4v) is 2.27. The number of nitrogens with one attached hydrogen (secondary N) is 1. The van der Waals surface area contributed by atoms with Crippen molar-refractivity contribution in [3.63, 3.8) is 0 Å². The van der Waals surface area contributed by atoms with Crippen LogP contribution in [0.5, 0.6) is 0 Å². The Hall–Kier alpha value is -3.07. The van der Waals surface area contributed by atoms with Gasteiger partial charge in [0.05, 0.1) is 11.2 Å². The molecule has 2 heterocycles. The van der Waals surface area contributed by atoms with Crippen LogP contribution >= 0.6 is 11.6 Å². The number of amides is 1. The van der Waals surface area contributed by atoms with Crippen LogP contribution in [0.15, 0.2) is 47.7 Å². The number of rotatable bonds is 5. The maximum Gasteiger partial charge on any atom is 0.352 e. The number of carbonyl (C=O) groups is 1. The Morgan fingerprint density at radius 1 is 1.23 bits per heavy atom. The second-order valence-corrected chi connectivity index (χ2v) is 5.71. The lowest BCUT2D eigenvalue weighted by atomic mass is 10.2. The Balaban J connectivity index is 1.65. The summed E-state index contributed by atoms with van der Waals surface area (Å²) in [5, 5.41) is 6.38. The zero-order valence-electron chi connectivity index (χ0n) is 13.2. The summed E-state index contributed by atoms with van der Waals surface area (Å²) < 4.78 is 28.3. The van der Waals surface area contributed by atoms with E-state index < -0.39 is 23.2 Å². The Bertz CT molecular complexity index is 1000. The van der Waals surface area contributed by atoms with Gasteiger partial charge in [-0.1, -0.05) is 17.7 Å². The average molecular weight is 380 g/mol. The standard InChI is InChI=1S/C16H12ClF2N5O2/c17-12-3-1-10(5-13(12)19)6-21-15(25)8-24-16(26)23(9-22-24)14-4-2-11(18)7-20-14/h1-5,7,9H,6,8H2,(H,21,25). The molecule has 0 radical (unpaired) electrons. The first kappa shape index (κ1) is 17.7. The molecule has 0 unspecified atom stereocenters. The van der Waals surface area contributed by atoms with Gasteiger partial charge in [0.1, 0.15) is 30.3 Å². The molecule has 0 spiro atoms. The summed E-state index contributed by atoms with van der Waals surface area (Å²) in [6, 6.07) is 6.65. The van der Waals surface area contributed by atoms with Crippen molar-refractivity contribution in [3.05, 3.63) is 75.6 Å². The number of nitrogens with zero attached hydrogens (tertiary/aromatic N) is 4. The number of benzene rings is 1. The monoisotopic (exact) mass is 379 g/mol. The molecule has 3 aromatic rings. The van der Waals surface area contributed by atoms with Gasteiger partial charge in [-0.25, -0.2) is 27.8 Å². The zero-order chi connectivity index (χ0) is 18.7. The Morgan fingerprint density at radius 2 is 2.04 bits per heavy atom. The fourth-order valence-electron chi connectivity index (χ4n) is 2.16. The van der Waals surface area contributed by atoms with Gasteiger partial charge in [0, 0.05) is 6.54 Å².